The molecule has 0 spiro atoms. The molecule has 0 atom stereocenters. The predicted octanol–water partition coefficient (Wildman–Crippen LogP) is 5.25. The molecule has 0 saturated heterocycles. The largest absolute Gasteiger partial charge is 0.488 e. The Hall–Kier alpha value is -4.00. The summed E-state index contributed by atoms with van der Waals surface area (Å²) in [5.74, 6) is 1.22. The van der Waals surface area contributed by atoms with Gasteiger partial charge >= 0.3 is 6.03 Å². The fraction of sp³-hybridized carbons (Fsp3) is 0.259. The van der Waals surface area contributed by atoms with E-state index in [1.807, 2.05) is 80.6 Å². The molecule has 0 aliphatic rings. The summed E-state index contributed by atoms with van der Waals surface area (Å²) >= 11 is 0. The van der Waals surface area contributed by atoms with Crippen molar-refractivity contribution in [2.45, 2.75) is 39.9 Å². The Kier molecular flexibility index (Phi) is 8.91. The van der Waals surface area contributed by atoms with E-state index >= 15 is 0 Å². The third-order valence-corrected chi connectivity index (χ3v) is 5.37. The van der Waals surface area contributed by atoms with Crippen LogP contribution < -0.4 is 25.4 Å². The lowest BCUT2D eigenvalue weighted by atomic mass is 10.00. The SMILES string of the molecule is CCc1c(OCc2ccccc2)cc(OCc2ccccc2)c(CC)c1NC(=O)NC(=N)NC. The van der Waals surface area contributed by atoms with Crippen molar-refractivity contribution in [3.63, 3.8) is 0 Å². The van der Waals surface area contributed by atoms with Crippen LogP contribution in [0.5, 0.6) is 11.5 Å². The molecule has 3 rings (SSSR count). The summed E-state index contributed by atoms with van der Waals surface area (Å²) in [6.45, 7) is 4.84. The molecule has 2 amide bonds. The van der Waals surface area contributed by atoms with E-state index < -0.39 is 6.03 Å². The molecular formula is C27H32N4O3. The number of nitrogens with one attached hydrogen (secondary N) is 4. The zero-order valence-corrected chi connectivity index (χ0v) is 19.9. The molecule has 3 aromatic carbocycles. The van der Waals surface area contributed by atoms with Gasteiger partial charge in [-0.15, -0.1) is 0 Å². The maximum Gasteiger partial charge on any atom is 0.326 e. The van der Waals surface area contributed by atoms with Crippen molar-refractivity contribution < 1.29 is 14.3 Å². The van der Waals surface area contributed by atoms with Crippen LogP contribution in [0.2, 0.25) is 0 Å². The van der Waals surface area contributed by atoms with Crippen LogP contribution >= 0.6 is 0 Å². The maximum absolute atomic E-state index is 12.6. The van der Waals surface area contributed by atoms with E-state index in [0.717, 1.165) is 22.3 Å². The van der Waals surface area contributed by atoms with Crippen molar-refractivity contribution in [3.05, 3.63) is 89.0 Å². The van der Waals surface area contributed by atoms with Crippen molar-refractivity contribution in [2.24, 2.45) is 0 Å². The van der Waals surface area contributed by atoms with Crippen LogP contribution in [-0.4, -0.2) is 19.0 Å². The molecule has 0 aromatic heterocycles. The molecule has 0 aliphatic carbocycles. The second-order valence-electron chi connectivity index (χ2n) is 7.66. The number of amides is 2. The van der Waals surface area contributed by atoms with Gasteiger partial charge in [-0.05, 0) is 24.0 Å². The summed E-state index contributed by atoms with van der Waals surface area (Å²) in [4.78, 5) is 12.6. The molecule has 0 heterocycles. The highest BCUT2D eigenvalue weighted by Gasteiger charge is 2.21. The minimum absolute atomic E-state index is 0.0920. The van der Waals surface area contributed by atoms with Gasteiger partial charge in [0, 0.05) is 24.2 Å². The lowest BCUT2D eigenvalue weighted by Gasteiger charge is -2.22. The molecule has 0 aliphatic heterocycles. The average Bonchev–Trinajstić information content (AvgIpc) is 2.87. The molecule has 0 unspecified atom stereocenters. The number of benzene rings is 3. The molecule has 7 heteroatoms. The van der Waals surface area contributed by atoms with Gasteiger partial charge in [-0.1, -0.05) is 74.5 Å². The Bertz CT molecular complexity index is 1030. The van der Waals surface area contributed by atoms with Gasteiger partial charge in [0.05, 0.1) is 5.69 Å². The Morgan fingerprint density at radius 1 is 0.824 bits per heavy atom. The summed E-state index contributed by atoms with van der Waals surface area (Å²) in [5, 5.41) is 15.7. The van der Waals surface area contributed by atoms with Gasteiger partial charge < -0.3 is 20.1 Å². The highest BCUT2D eigenvalue weighted by molar-refractivity contribution is 6.02. The average molecular weight is 461 g/mol. The molecule has 0 fully saturated rings. The number of rotatable bonds is 9. The summed E-state index contributed by atoms with van der Waals surface area (Å²) in [6, 6.07) is 21.3. The highest BCUT2D eigenvalue weighted by atomic mass is 16.5. The van der Waals surface area contributed by atoms with Gasteiger partial charge in [0.1, 0.15) is 24.7 Å². The normalized spacial score (nSPS) is 10.3. The molecule has 3 aromatic rings. The zero-order chi connectivity index (χ0) is 24.3. The molecule has 0 radical (unpaired) electrons. The lowest BCUT2D eigenvalue weighted by Crippen LogP contribution is -2.41. The van der Waals surface area contributed by atoms with Crippen LogP contribution in [0.1, 0.15) is 36.1 Å². The molecule has 34 heavy (non-hydrogen) atoms. The topological polar surface area (TPSA) is 95.5 Å². The number of ether oxygens (including phenoxy) is 2. The van der Waals surface area contributed by atoms with Gasteiger partial charge in [0.2, 0.25) is 0 Å². The summed E-state index contributed by atoms with van der Waals surface area (Å²) < 4.78 is 12.4. The van der Waals surface area contributed by atoms with Crippen LogP contribution in [0.25, 0.3) is 0 Å². The summed E-state index contributed by atoms with van der Waals surface area (Å²) in [5.41, 5.74) is 4.51. The van der Waals surface area contributed by atoms with Crippen molar-refractivity contribution >= 4 is 17.7 Å². The first-order valence-corrected chi connectivity index (χ1v) is 11.4. The molecule has 4 N–H and O–H groups in total. The smallest absolute Gasteiger partial charge is 0.326 e. The zero-order valence-electron chi connectivity index (χ0n) is 19.9. The van der Waals surface area contributed by atoms with Crippen LogP contribution in [0.4, 0.5) is 10.5 Å². The minimum atomic E-state index is -0.502. The standard InChI is InChI=1S/C27H32N4O3/c1-4-21-23(33-17-19-12-8-6-9-13-19)16-24(34-18-20-14-10-7-11-15-20)22(5-2)25(21)30-27(32)31-26(28)29-3/h6-16H,4-5,17-18H2,1-3H3,(H4,28,29,30,31,32). The molecule has 7 nitrogen and oxygen atoms in total. The van der Waals surface area contributed by atoms with Gasteiger partial charge in [0.15, 0.2) is 5.96 Å². The predicted molar refractivity (Wildman–Crippen MR) is 136 cm³/mol. The fourth-order valence-electron chi connectivity index (χ4n) is 3.62. The minimum Gasteiger partial charge on any atom is -0.488 e. The number of hydrogen-bond donors (Lipinski definition) is 4. The highest BCUT2D eigenvalue weighted by Crippen LogP contribution is 2.39. The van der Waals surface area contributed by atoms with E-state index in [0.29, 0.717) is 43.2 Å². The van der Waals surface area contributed by atoms with Crippen molar-refractivity contribution in [1.82, 2.24) is 10.6 Å². The van der Waals surface area contributed by atoms with E-state index in [2.05, 4.69) is 16.0 Å². The fourth-order valence-corrected chi connectivity index (χ4v) is 3.62. The summed E-state index contributed by atoms with van der Waals surface area (Å²) in [7, 11) is 1.57. The third kappa shape index (κ3) is 6.51. The van der Waals surface area contributed by atoms with Crippen LogP contribution in [0, 0.1) is 5.41 Å². The molecule has 0 bridgehead atoms. The first-order chi connectivity index (χ1) is 16.5. The maximum atomic E-state index is 12.6. The number of anilines is 1. The quantitative estimate of drug-likeness (QED) is 0.259. The number of carbonyl (C=O) groups is 1. The van der Waals surface area contributed by atoms with Crippen LogP contribution in [-0.2, 0) is 26.1 Å². The second-order valence-corrected chi connectivity index (χ2v) is 7.66. The first-order valence-electron chi connectivity index (χ1n) is 11.4. The molecular weight excluding hydrogens is 428 g/mol. The van der Waals surface area contributed by atoms with Crippen molar-refractivity contribution in [2.75, 3.05) is 12.4 Å². The Balaban J connectivity index is 1.98. The van der Waals surface area contributed by atoms with Gasteiger partial charge in [-0.3, -0.25) is 10.7 Å². The summed E-state index contributed by atoms with van der Waals surface area (Å²) in [6.07, 6.45) is 1.30. The van der Waals surface area contributed by atoms with E-state index in [4.69, 9.17) is 14.9 Å². The van der Waals surface area contributed by atoms with Gasteiger partial charge in [-0.2, -0.15) is 0 Å². The Labute approximate surface area is 201 Å². The van der Waals surface area contributed by atoms with Gasteiger partial charge in [0.25, 0.3) is 0 Å². The molecule has 0 saturated carbocycles. The van der Waals surface area contributed by atoms with Crippen molar-refractivity contribution in [3.8, 4) is 11.5 Å². The van der Waals surface area contributed by atoms with E-state index in [1.54, 1.807) is 7.05 Å². The number of carbonyl (C=O) groups excluding carboxylic acids is 1. The molecule has 178 valence electrons. The number of guanidine groups is 1. The Morgan fingerprint density at radius 2 is 1.29 bits per heavy atom. The van der Waals surface area contributed by atoms with Crippen LogP contribution in [0.3, 0.4) is 0 Å². The van der Waals surface area contributed by atoms with E-state index in [9.17, 15) is 4.79 Å². The second kappa shape index (κ2) is 12.3. The number of urea groups is 1. The van der Waals surface area contributed by atoms with Gasteiger partial charge in [-0.25, -0.2) is 4.79 Å². The monoisotopic (exact) mass is 460 g/mol. The van der Waals surface area contributed by atoms with E-state index in [1.165, 1.54) is 0 Å². The van der Waals surface area contributed by atoms with E-state index in [-0.39, 0.29) is 5.96 Å². The first kappa shape index (κ1) is 24.6. The van der Waals surface area contributed by atoms with Crippen LogP contribution in [0.15, 0.2) is 66.7 Å². The Morgan fingerprint density at radius 3 is 1.71 bits per heavy atom. The third-order valence-electron chi connectivity index (χ3n) is 5.37. The lowest BCUT2D eigenvalue weighted by molar-refractivity contribution is 0.255. The van der Waals surface area contributed by atoms with Crippen molar-refractivity contribution in [1.29, 1.82) is 5.41 Å². The number of hydrogen-bond acceptors (Lipinski definition) is 4.